The number of hydrogen-bond acceptors (Lipinski definition) is 3. The van der Waals surface area contributed by atoms with Gasteiger partial charge in [-0.2, -0.15) is 0 Å². The Morgan fingerprint density at radius 1 is 1.07 bits per heavy atom. The van der Waals surface area contributed by atoms with Gasteiger partial charge in [-0.15, -0.1) is 0 Å². The zero-order valence-corrected chi connectivity index (χ0v) is 17.1. The van der Waals surface area contributed by atoms with Crippen LogP contribution < -0.4 is 4.74 Å². The Bertz CT molecular complexity index is 819. The zero-order valence-electron chi connectivity index (χ0n) is 17.1. The summed E-state index contributed by atoms with van der Waals surface area (Å²) >= 11 is 0. The van der Waals surface area contributed by atoms with E-state index >= 15 is 0 Å². The lowest BCUT2D eigenvalue weighted by molar-refractivity contribution is -0.149. The Labute approximate surface area is 172 Å². The van der Waals surface area contributed by atoms with Gasteiger partial charge in [0.1, 0.15) is 11.5 Å². The molecule has 3 atom stereocenters. The second-order valence-electron chi connectivity index (χ2n) is 7.90. The highest BCUT2D eigenvalue weighted by molar-refractivity contribution is 5.81. The molecule has 5 heteroatoms. The van der Waals surface area contributed by atoms with Crippen molar-refractivity contribution in [3.8, 4) is 11.5 Å². The van der Waals surface area contributed by atoms with E-state index in [0.29, 0.717) is 13.1 Å². The predicted octanol–water partition coefficient (Wildman–Crippen LogP) is 4.96. The van der Waals surface area contributed by atoms with Crippen molar-refractivity contribution in [2.45, 2.75) is 39.7 Å². The second-order valence-corrected chi connectivity index (χ2v) is 7.90. The van der Waals surface area contributed by atoms with Crippen LogP contribution in [0.4, 0.5) is 0 Å². The maximum absolute atomic E-state index is 13.1. The number of amides is 1. The molecule has 29 heavy (non-hydrogen) atoms. The smallest absolute Gasteiger partial charge is 0.303 e. The average molecular weight is 395 g/mol. The summed E-state index contributed by atoms with van der Waals surface area (Å²) in [6.07, 6.45) is 1.72. The van der Waals surface area contributed by atoms with Crippen LogP contribution in [0.2, 0.25) is 0 Å². The highest BCUT2D eigenvalue weighted by Crippen LogP contribution is 2.43. The number of carboxylic acids is 1. The summed E-state index contributed by atoms with van der Waals surface area (Å²) in [6, 6.07) is 17.4. The molecular formula is C24H29NO4. The number of carbonyl (C=O) groups excluding carboxylic acids is 1. The largest absolute Gasteiger partial charge is 0.481 e. The Kier molecular flexibility index (Phi) is 6.91. The van der Waals surface area contributed by atoms with Crippen LogP contribution in [0.1, 0.15) is 38.7 Å². The molecule has 1 fully saturated rings. The van der Waals surface area contributed by atoms with Gasteiger partial charge in [0.2, 0.25) is 5.91 Å². The number of carbonyl (C=O) groups is 2. The van der Waals surface area contributed by atoms with Gasteiger partial charge in [-0.1, -0.05) is 44.2 Å². The van der Waals surface area contributed by atoms with Gasteiger partial charge in [0.15, 0.2) is 0 Å². The third kappa shape index (κ3) is 5.37. The Balaban J connectivity index is 1.64. The van der Waals surface area contributed by atoms with Gasteiger partial charge in [-0.25, -0.2) is 0 Å². The van der Waals surface area contributed by atoms with Gasteiger partial charge >= 0.3 is 5.97 Å². The molecular weight excluding hydrogens is 366 g/mol. The topological polar surface area (TPSA) is 66.8 Å². The average Bonchev–Trinajstić information content (AvgIpc) is 2.71. The summed E-state index contributed by atoms with van der Waals surface area (Å²) in [5.74, 6) is 0.859. The first-order valence-corrected chi connectivity index (χ1v) is 10.3. The van der Waals surface area contributed by atoms with E-state index in [2.05, 4.69) is 6.92 Å². The van der Waals surface area contributed by atoms with Gasteiger partial charge in [0.25, 0.3) is 0 Å². The molecule has 1 saturated carbocycles. The lowest BCUT2D eigenvalue weighted by Gasteiger charge is -2.43. The molecule has 1 N–H and O–H groups in total. The molecule has 0 saturated heterocycles. The molecule has 1 amide bonds. The van der Waals surface area contributed by atoms with Crippen LogP contribution >= 0.6 is 0 Å². The Morgan fingerprint density at radius 3 is 2.31 bits per heavy atom. The van der Waals surface area contributed by atoms with Crippen LogP contribution in [-0.4, -0.2) is 28.4 Å². The standard InChI is InChI=1S/C24H29NO4/c1-3-13-25(24(28)22-14-17(2)21(22)15-23(26)27)16-18-9-11-20(12-10-18)29-19-7-5-4-6-8-19/h4-12,17,21-22H,3,13-16H2,1-2H3,(H,26,27)/t17-,21?,22?/m0/s1. The van der Waals surface area contributed by atoms with E-state index in [1.165, 1.54) is 0 Å². The van der Waals surface area contributed by atoms with Crippen LogP contribution in [0.3, 0.4) is 0 Å². The summed E-state index contributed by atoms with van der Waals surface area (Å²) < 4.78 is 5.82. The number of ether oxygens (including phenoxy) is 1. The zero-order chi connectivity index (χ0) is 20.8. The summed E-state index contributed by atoms with van der Waals surface area (Å²) in [5, 5.41) is 9.14. The summed E-state index contributed by atoms with van der Waals surface area (Å²) in [4.78, 5) is 26.1. The highest BCUT2D eigenvalue weighted by Gasteiger charge is 2.44. The van der Waals surface area contributed by atoms with E-state index < -0.39 is 5.97 Å². The lowest BCUT2D eigenvalue weighted by Crippen LogP contribution is -2.48. The number of carboxylic acid groups (broad SMARTS) is 1. The van der Waals surface area contributed by atoms with Crippen molar-refractivity contribution in [1.82, 2.24) is 4.90 Å². The number of rotatable bonds is 9. The lowest BCUT2D eigenvalue weighted by atomic mass is 9.63. The monoisotopic (exact) mass is 395 g/mol. The molecule has 2 aromatic rings. The van der Waals surface area contributed by atoms with E-state index in [4.69, 9.17) is 9.84 Å². The number of nitrogens with zero attached hydrogens (tertiary/aromatic N) is 1. The quantitative estimate of drug-likeness (QED) is 0.651. The van der Waals surface area contributed by atoms with E-state index in [9.17, 15) is 9.59 Å². The molecule has 2 unspecified atom stereocenters. The maximum atomic E-state index is 13.1. The molecule has 0 spiro atoms. The minimum absolute atomic E-state index is 0.0546. The molecule has 0 heterocycles. The van der Waals surface area contributed by atoms with Crippen molar-refractivity contribution in [3.05, 3.63) is 60.2 Å². The minimum Gasteiger partial charge on any atom is -0.481 e. The van der Waals surface area contributed by atoms with E-state index in [0.717, 1.165) is 29.9 Å². The molecule has 154 valence electrons. The second kappa shape index (κ2) is 9.59. The minimum atomic E-state index is -0.824. The molecule has 0 aromatic heterocycles. The molecule has 0 bridgehead atoms. The molecule has 1 aliphatic carbocycles. The van der Waals surface area contributed by atoms with Gasteiger partial charge in [0, 0.05) is 25.4 Å². The van der Waals surface area contributed by atoms with Crippen LogP contribution in [0.25, 0.3) is 0 Å². The van der Waals surface area contributed by atoms with Gasteiger partial charge in [-0.05, 0) is 54.5 Å². The molecule has 0 radical (unpaired) electrons. The van der Waals surface area contributed by atoms with Crippen LogP contribution in [0, 0.1) is 17.8 Å². The summed E-state index contributed by atoms with van der Waals surface area (Å²) in [6.45, 7) is 5.29. The summed E-state index contributed by atoms with van der Waals surface area (Å²) in [7, 11) is 0. The normalized spacial score (nSPS) is 20.6. The van der Waals surface area contributed by atoms with Crippen molar-refractivity contribution in [2.24, 2.45) is 17.8 Å². The molecule has 1 aliphatic rings. The Hall–Kier alpha value is -2.82. The molecule has 2 aromatic carbocycles. The van der Waals surface area contributed by atoms with Crippen molar-refractivity contribution in [1.29, 1.82) is 0 Å². The van der Waals surface area contributed by atoms with Crippen LogP contribution in [-0.2, 0) is 16.1 Å². The third-order valence-electron chi connectivity index (χ3n) is 5.68. The molecule has 0 aliphatic heterocycles. The first kappa shape index (κ1) is 20.9. The fraction of sp³-hybridized carbons (Fsp3) is 0.417. The van der Waals surface area contributed by atoms with Crippen molar-refractivity contribution in [3.63, 3.8) is 0 Å². The van der Waals surface area contributed by atoms with Gasteiger partial charge < -0.3 is 14.7 Å². The highest BCUT2D eigenvalue weighted by atomic mass is 16.5. The molecule has 3 rings (SSSR count). The number of benzene rings is 2. The molecule has 5 nitrogen and oxygen atoms in total. The van der Waals surface area contributed by atoms with Gasteiger partial charge in [-0.3, -0.25) is 9.59 Å². The maximum Gasteiger partial charge on any atom is 0.303 e. The van der Waals surface area contributed by atoms with Crippen molar-refractivity contribution in [2.75, 3.05) is 6.54 Å². The fourth-order valence-corrected chi connectivity index (χ4v) is 4.06. The summed E-state index contributed by atoms with van der Waals surface area (Å²) in [5.41, 5.74) is 1.04. The predicted molar refractivity (Wildman–Crippen MR) is 112 cm³/mol. The number of aliphatic carboxylic acids is 1. The Morgan fingerprint density at radius 2 is 1.72 bits per heavy atom. The fourth-order valence-electron chi connectivity index (χ4n) is 4.06. The number of para-hydroxylation sites is 1. The first-order chi connectivity index (χ1) is 14.0. The van der Waals surface area contributed by atoms with E-state index in [-0.39, 0.29) is 30.1 Å². The van der Waals surface area contributed by atoms with Crippen LogP contribution in [0.5, 0.6) is 11.5 Å². The SMILES string of the molecule is CCCN(Cc1ccc(Oc2ccccc2)cc1)C(=O)C1C[C@H](C)C1CC(=O)O. The van der Waals surface area contributed by atoms with E-state index in [1.54, 1.807) is 0 Å². The van der Waals surface area contributed by atoms with Crippen molar-refractivity contribution >= 4 is 11.9 Å². The van der Waals surface area contributed by atoms with Crippen molar-refractivity contribution < 1.29 is 19.4 Å². The third-order valence-corrected chi connectivity index (χ3v) is 5.68. The van der Waals surface area contributed by atoms with E-state index in [1.807, 2.05) is 66.4 Å². The first-order valence-electron chi connectivity index (χ1n) is 10.3. The number of hydrogen-bond donors (Lipinski definition) is 1. The van der Waals surface area contributed by atoms with Gasteiger partial charge in [0.05, 0.1) is 0 Å². The van der Waals surface area contributed by atoms with Crippen LogP contribution in [0.15, 0.2) is 54.6 Å².